The van der Waals surface area contributed by atoms with Gasteiger partial charge in [-0.15, -0.1) is 0 Å². The highest BCUT2D eigenvalue weighted by atomic mass is 19.4. The minimum Gasteiger partial charge on any atom is -0.399 e. The second-order valence-electron chi connectivity index (χ2n) is 5.53. The number of halogens is 3. The number of alkyl halides is 3. The highest BCUT2D eigenvalue weighted by molar-refractivity contribution is 5.94. The molecule has 0 amide bonds. The van der Waals surface area contributed by atoms with Crippen molar-refractivity contribution in [3.8, 4) is 0 Å². The van der Waals surface area contributed by atoms with E-state index in [1.165, 1.54) is 4.90 Å². The molecule has 0 unspecified atom stereocenters. The van der Waals surface area contributed by atoms with Crippen molar-refractivity contribution in [2.45, 2.75) is 32.0 Å². The lowest BCUT2D eigenvalue weighted by Crippen LogP contribution is -2.36. The predicted molar refractivity (Wildman–Crippen MR) is 77.3 cm³/mol. The van der Waals surface area contributed by atoms with Gasteiger partial charge in [0.05, 0.1) is 5.52 Å². The van der Waals surface area contributed by atoms with E-state index in [0.717, 1.165) is 12.8 Å². The first-order valence-corrected chi connectivity index (χ1v) is 6.84. The Kier molecular flexibility index (Phi) is 3.19. The third kappa shape index (κ3) is 3.04. The van der Waals surface area contributed by atoms with Crippen molar-refractivity contribution in [3.63, 3.8) is 0 Å². The summed E-state index contributed by atoms with van der Waals surface area (Å²) in [7, 11) is 0. The maximum Gasteiger partial charge on any atom is 0.405 e. The molecular weight excluding hydrogens is 279 g/mol. The second kappa shape index (κ2) is 4.79. The van der Waals surface area contributed by atoms with Crippen LogP contribution in [0.4, 0.5) is 24.5 Å². The first-order chi connectivity index (χ1) is 9.83. The molecule has 1 aromatic carbocycles. The molecule has 1 aliphatic rings. The van der Waals surface area contributed by atoms with Crippen LogP contribution in [0.1, 0.15) is 18.5 Å². The molecule has 112 valence electrons. The number of hydrogen-bond donors (Lipinski definition) is 1. The van der Waals surface area contributed by atoms with Crippen LogP contribution in [0.5, 0.6) is 0 Å². The van der Waals surface area contributed by atoms with Gasteiger partial charge in [-0.25, -0.2) is 0 Å². The zero-order valence-electron chi connectivity index (χ0n) is 11.6. The van der Waals surface area contributed by atoms with Gasteiger partial charge in [0.15, 0.2) is 0 Å². The van der Waals surface area contributed by atoms with E-state index in [4.69, 9.17) is 5.73 Å². The van der Waals surface area contributed by atoms with Gasteiger partial charge in [0.2, 0.25) is 0 Å². The molecule has 0 saturated heterocycles. The topological polar surface area (TPSA) is 42.1 Å². The molecule has 21 heavy (non-hydrogen) atoms. The summed E-state index contributed by atoms with van der Waals surface area (Å²) < 4.78 is 38.6. The molecule has 0 spiro atoms. The number of fused-ring (bicyclic) bond motifs is 1. The van der Waals surface area contributed by atoms with Gasteiger partial charge in [-0.3, -0.25) is 4.98 Å². The smallest absolute Gasteiger partial charge is 0.399 e. The van der Waals surface area contributed by atoms with Crippen LogP contribution in [0.2, 0.25) is 0 Å². The van der Waals surface area contributed by atoms with Gasteiger partial charge >= 0.3 is 6.18 Å². The molecule has 1 saturated carbocycles. The maximum atomic E-state index is 12.9. The van der Waals surface area contributed by atoms with Gasteiger partial charge in [0.25, 0.3) is 0 Å². The molecule has 2 N–H and O–H groups in total. The van der Waals surface area contributed by atoms with Crippen LogP contribution in [0.3, 0.4) is 0 Å². The van der Waals surface area contributed by atoms with Crippen molar-refractivity contribution in [1.82, 2.24) is 4.98 Å². The Morgan fingerprint density at radius 1 is 1.29 bits per heavy atom. The SMILES string of the molecule is Cc1cc(N(CC(F)(F)F)C2CC2)c2cc(N)ccc2n1. The Morgan fingerprint density at radius 3 is 2.62 bits per heavy atom. The molecule has 6 heteroatoms. The summed E-state index contributed by atoms with van der Waals surface area (Å²) >= 11 is 0. The van der Waals surface area contributed by atoms with Gasteiger partial charge in [-0.2, -0.15) is 13.2 Å². The molecule has 0 bridgehead atoms. The van der Waals surface area contributed by atoms with Gasteiger partial charge in [-0.05, 0) is 44.0 Å². The highest BCUT2D eigenvalue weighted by Crippen LogP contribution is 2.38. The van der Waals surface area contributed by atoms with Gasteiger partial charge in [0, 0.05) is 28.5 Å². The van der Waals surface area contributed by atoms with Crippen LogP contribution < -0.4 is 10.6 Å². The molecule has 1 fully saturated rings. The average Bonchev–Trinajstić information content (AvgIpc) is 3.19. The summed E-state index contributed by atoms with van der Waals surface area (Å²) in [6.07, 6.45) is -2.64. The number of anilines is 2. The highest BCUT2D eigenvalue weighted by Gasteiger charge is 2.38. The van der Waals surface area contributed by atoms with Gasteiger partial charge < -0.3 is 10.6 Å². The zero-order chi connectivity index (χ0) is 15.2. The zero-order valence-corrected chi connectivity index (χ0v) is 11.6. The van der Waals surface area contributed by atoms with Crippen molar-refractivity contribution in [3.05, 3.63) is 30.0 Å². The Hall–Kier alpha value is -1.98. The molecule has 3 rings (SSSR count). The lowest BCUT2D eigenvalue weighted by Gasteiger charge is -2.27. The Morgan fingerprint density at radius 2 is 2.00 bits per heavy atom. The number of benzene rings is 1. The predicted octanol–water partition coefficient (Wildman–Crippen LogP) is 3.66. The lowest BCUT2D eigenvalue weighted by atomic mass is 10.1. The van der Waals surface area contributed by atoms with Crippen molar-refractivity contribution >= 4 is 22.3 Å². The van der Waals surface area contributed by atoms with E-state index in [0.29, 0.717) is 28.0 Å². The summed E-state index contributed by atoms with van der Waals surface area (Å²) in [5, 5.41) is 0.678. The van der Waals surface area contributed by atoms with Crippen molar-refractivity contribution in [2.24, 2.45) is 0 Å². The van der Waals surface area contributed by atoms with E-state index in [9.17, 15) is 13.2 Å². The van der Waals surface area contributed by atoms with E-state index in [-0.39, 0.29) is 6.04 Å². The molecular formula is C15H16F3N3. The van der Waals surface area contributed by atoms with Crippen LogP contribution in [-0.2, 0) is 0 Å². The molecule has 0 radical (unpaired) electrons. The van der Waals surface area contributed by atoms with Crippen LogP contribution in [-0.4, -0.2) is 23.7 Å². The Bertz CT molecular complexity index is 678. The van der Waals surface area contributed by atoms with E-state index < -0.39 is 12.7 Å². The third-order valence-corrected chi connectivity index (χ3v) is 3.59. The fourth-order valence-electron chi connectivity index (χ4n) is 2.58. The van der Waals surface area contributed by atoms with Crippen molar-refractivity contribution in [2.75, 3.05) is 17.2 Å². The van der Waals surface area contributed by atoms with Crippen LogP contribution in [0.25, 0.3) is 10.9 Å². The monoisotopic (exact) mass is 295 g/mol. The van der Waals surface area contributed by atoms with Gasteiger partial charge in [-0.1, -0.05) is 0 Å². The minimum absolute atomic E-state index is 0.0435. The molecule has 2 aromatic rings. The van der Waals surface area contributed by atoms with Crippen LogP contribution in [0.15, 0.2) is 24.3 Å². The molecule has 1 heterocycles. The standard InChI is InChI=1S/C15H16F3N3/c1-9-6-14(12-7-10(19)2-5-13(12)20-9)21(11-3-4-11)8-15(16,17)18/h2,5-7,11H,3-4,8,19H2,1H3. The number of hydrogen-bond acceptors (Lipinski definition) is 3. The van der Waals surface area contributed by atoms with Crippen molar-refractivity contribution < 1.29 is 13.2 Å². The minimum atomic E-state index is -4.23. The number of nitrogens with zero attached hydrogens (tertiary/aromatic N) is 2. The molecule has 3 nitrogen and oxygen atoms in total. The lowest BCUT2D eigenvalue weighted by molar-refractivity contribution is -0.119. The first kappa shape index (κ1) is 14.0. The fraction of sp³-hybridized carbons (Fsp3) is 0.400. The summed E-state index contributed by atoms with van der Waals surface area (Å²) in [5.74, 6) is 0. The fourth-order valence-corrected chi connectivity index (χ4v) is 2.58. The quantitative estimate of drug-likeness (QED) is 0.879. The van der Waals surface area contributed by atoms with E-state index in [1.807, 2.05) is 0 Å². The first-order valence-electron chi connectivity index (χ1n) is 6.84. The molecule has 0 atom stereocenters. The Labute approximate surface area is 120 Å². The Balaban J connectivity index is 2.14. The normalized spacial score (nSPS) is 15.4. The van der Waals surface area contributed by atoms with Gasteiger partial charge in [0.1, 0.15) is 6.54 Å². The maximum absolute atomic E-state index is 12.9. The number of aromatic nitrogens is 1. The van der Waals surface area contributed by atoms with E-state index >= 15 is 0 Å². The van der Waals surface area contributed by atoms with Crippen LogP contribution >= 0.6 is 0 Å². The number of pyridine rings is 1. The number of nitrogen functional groups attached to an aromatic ring is 1. The third-order valence-electron chi connectivity index (χ3n) is 3.59. The second-order valence-corrected chi connectivity index (χ2v) is 5.53. The largest absolute Gasteiger partial charge is 0.405 e. The average molecular weight is 295 g/mol. The summed E-state index contributed by atoms with van der Waals surface area (Å²) in [6, 6.07) is 6.83. The summed E-state index contributed by atoms with van der Waals surface area (Å²) in [4.78, 5) is 5.81. The molecule has 1 aromatic heterocycles. The molecule has 0 aliphatic heterocycles. The van der Waals surface area contributed by atoms with E-state index in [2.05, 4.69) is 4.98 Å². The van der Waals surface area contributed by atoms with E-state index in [1.54, 1.807) is 31.2 Å². The summed E-state index contributed by atoms with van der Waals surface area (Å²) in [6.45, 7) is 0.850. The summed E-state index contributed by atoms with van der Waals surface area (Å²) in [5.41, 5.74) is 8.26. The number of nitrogens with two attached hydrogens (primary N) is 1. The number of aryl methyl sites for hydroxylation is 1. The number of rotatable bonds is 3. The molecule has 1 aliphatic carbocycles. The van der Waals surface area contributed by atoms with Crippen LogP contribution in [0, 0.1) is 6.92 Å². The van der Waals surface area contributed by atoms with Crippen molar-refractivity contribution in [1.29, 1.82) is 0 Å².